The fourth-order valence-electron chi connectivity index (χ4n) is 2.40. The SMILES string of the molecule is COc1ccc(CN(CC(=O)Nc2cccc(F)c2)S(C)(=O)=O)cc1OC. The fraction of sp³-hybridized carbons (Fsp3) is 0.278. The molecule has 0 saturated heterocycles. The zero-order chi connectivity index (χ0) is 20.0. The summed E-state index contributed by atoms with van der Waals surface area (Å²) in [5.41, 5.74) is 0.871. The number of hydrogen-bond acceptors (Lipinski definition) is 5. The molecule has 0 radical (unpaired) electrons. The topological polar surface area (TPSA) is 84.9 Å². The second-order valence-corrected chi connectivity index (χ2v) is 7.76. The summed E-state index contributed by atoms with van der Waals surface area (Å²) in [4.78, 5) is 12.2. The first-order valence-corrected chi connectivity index (χ1v) is 9.79. The van der Waals surface area contributed by atoms with E-state index in [1.54, 1.807) is 18.2 Å². The molecule has 0 spiro atoms. The number of ether oxygens (including phenoxy) is 2. The van der Waals surface area contributed by atoms with Crippen molar-refractivity contribution in [2.45, 2.75) is 6.54 Å². The van der Waals surface area contributed by atoms with E-state index < -0.39 is 28.3 Å². The Balaban J connectivity index is 2.15. The van der Waals surface area contributed by atoms with Crippen LogP contribution in [0.1, 0.15) is 5.56 Å². The Morgan fingerprint density at radius 1 is 1.11 bits per heavy atom. The maximum absolute atomic E-state index is 13.2. The van der Waals surface area contributed by atoms with Gasteiger partial charge in [0.2, 0.25) is 15.9 Å². The third-order valence-corrected chi connectivity index (χ3v) is 4.90. The predicted molar refractivity (Wildman–Crippen MR) is 99.8 cm³/mol. The summed E-state index contributed by atoms with van der Waals surface area (Å²) in [6, 6.07) is 10.3. The van der Waals surface area contributed by atoms with Crippen molar-refractivity contribution >= 4 is 21.6 Å². The van der Waals surface area contributed by atoms with Crippen molar-refractivity contribution in [1.29, 1.82) is 0 Å². The molecule has 7 nitrogen and oxygen atoms in total. The lowest BCUT2D eigenvalue weighted by atomic mass is 10.2. The molecule has 0 aliphatic rings. The molecular weight excluding hydrogens is 375 g/mol. The number of carbonyl (C=O) groups is 1. The number of carbonyl (C=O) groups excluding carboxylic acids is 1. The van der Waals surface area contributed by atoms with Crippen LogP contribution in [0.5, 0.6) is 11.5 Å². The minimum absolute atomic E-state index is 0.0320. The fourth-order valence-corrected chi connectivity index (χ4v) is 3.14. The van der Waals surface area contributed by atoms with Crippen LogP contribution in [0.15, 0.2) is 42.5 Å². The van der Waals surface area contributed by atoms with E-state index in [-0.39, 0.29) is 12.2 Å². The highest BCUT2D eigenvalue weighted by atomic mass is 32.2. The van der Waals surface area contributed by atoms with Gasteiger partial charge in [-0.05, 0) is 35.9 Å². The van der Waals surface area contributed by atoms with Gasteiger partial charge in [0, 0.05) is 12.2 Å². The van der Waals surface area contributed by atoms with Crippen molar-refractivity contribution in [3.05, 3.63) is 53.8 Å². The van der Waals surface area contributed by atoms with E-state index in [4.69, 9.17) is 9.47 Å². The molecule has 2 aromatic carbocycles. The number of rotatable bonds is 8. The highest BCUT2D eigenvalue weighted by molar-refractivity contribution is 7.88. The quantitative estimate of drug-likeness (QED) is 0.740. The molecule has 0 aliphatic heterocycles. The Morgan fingerprint density at radius 2 is 1.81 bits per heavy atom. The average Bonchev–Trinajstić information content (AvgIpc) is 2.60. The summed E-state index contributed by atoms with van der Waals surface area (Å²) in [6.45, 7) is -0.445. The number of benzene rings is 2. The molecule has 1 N–H and O–H groups in total. The minimum Gasteiger partial charge on any atom is -0.493 e. The van der Waals surface area contributed by atoms with Gasteiger partial charge in [-0.2, -0.15) is 4.31 Å². The maximum Gasteiger partial charge on any atom is 0.239 e. The van der Waals surface area contributed by atoms with Gasteiger partial charge in [0.1, 0.15) is 5.82 Å². The van der Waals surface area contributed by atoms with Crippen LogP contribution in [-0.2, 0) is 21.4 Å². The molecule has 0 saturated carbocycles. The summed E-state index contributed by atoms with van der Waals surface area (Å²) < 4.78 is 48.8. The Hall–Kier alpha value is -2.65. The standard InChI is InChI=1S/C18H21FN2O5S/c1-25-16-8-7-13(9-17(16)26-2)11-21(27(3,23)24)12-18(22)20-15-6-4-5-14(19)10-15/h4-10H,11-12H2,1-3H3,(H,20,22). The summed E-state index contributed by atoms with van der Waals surface area (Å²) in [6.07, 6.45) is 1.02. The third kappa shape index (κ3) is 5.93. The number of nitrogens with one attached hydrogen (secondary N) is 1. The van der Waals surface area contributed by atoms with Crippen LogP contribution in [0.3, 0.4) is 0 Å². The third-order valence-electron chi connectivity index (χ3n) is 3.70. The lowest BCUT2D eigenvalue weighted by Gasteiger charge is -2.20. The summed E-state index contributed by atoms with van der Waals surface area (Å²) >= 11 is 0. The monoisotopic (exact) mass is 396 g/mol. The zero-order valence-corrected chi connectivity index (χ0v) is 16.0. The molecule has 2 rings (SSSR count). The van der Waals surface area contributed by atoms with Crippen molar-refractivity contribution < 1.29 is 27.1 Å². The van der Waals surface area contributed by atoms with E-state index in [2.05, 4.69) is 5.32 Å². The van der Waals surface area contributed by atoms with Crippen molar-refractivity contribution in [3.63, 3.8) is 0 Å². The Kier molecular flexibility index (Phi) is 6.75. The van der Waals surface area contributed by atoms with Crippen LogP contribution in [0.25, 0.3) is 0 Å². The molecule has 0 aromatic heterocycles. The lowest BCUT2D eigenvalue weighted by Crippen LogP contribution is -2.36. The number of halogens is 1. The van der Waals surface area contributed by atoms with Gasteiger partial charge in [0.05, 0.1) is 27.0 Å². The molecule has 9 heteroatoms. The highest BCUT2D eigenvalue weighted by Crippen LogP contribution is 2.28. The Labute approximate surface area is 157 Å². The number of nitrogens with zero attached hydrogens (tertiary/aromatic N) is 1. The maximum atomic E-state index is 13.2. The second kappa shape index (κ2) is 8.83. The zero-order valence-electron chi connectivity index (χ0n) is 15.2. The van der Waals surface area contributed by atoms with Gasteiger partial charge in [0.25, 0.3) is 0 Å². The van der Waals surface area contributed by atoms with Gasteiger partial charge in [-0.25, -0.2) is 12.8 Å². The Morgan fingerprint density at radius 3 is 2.41 bits per heavy atom. The normalized spacial score (nSPS) is 11.3. The number of methoxy groups -OCH3 is 2. The molecule has 1 amide bonds. The van der Waals surface area contributed by atoms with Gasteiger partial charge >= 0.3 is 0 Å². The van der Waals surface area contributed by atoms with Crippen LogP contribution < -0.4 is 14.8 Å². The van der Waals surface area contributed by atoms with Crippen molar-refractivity contribution in [1.82, 2.24) is 4.31 Å². The summed E-state index contributed by atoms with van der Waals surface area (Å²) in [5.74, 6) is -0.117. The summed E-state index contributed by atoms with van der Waals surface area (Å²) in [7, 11) is -0.696. The smallest absolute Gasteiger partial charge is 0.239 e. The number of hydrogen-bond donors (Lipinski definition) is 1. The molecule has 0 aliphatic carbocycles. The van der Waals surface area contributed by atoms with E-state index in [1.807, 2.05) is 0 Å². The number of amides is 1. The molecule has 0 bridgehead atoms. The molecule has 146 valence electrons. The second-order valence-electron chi connectivity index (χ2n) is 5.78. The van der Waals surface area contributed by atoms with Gasteiger partial charge in [-0.1, -0.05) is 12.1 Å². The first-order valence-electron chi connectivity index (χ1n) is 7.94. The minimum atomic E-state index is -3.67. The van der Waals surface area contributed by atoms with Gasteiger partial charge in [-0.3, -0.25) is 4.79 Å². The van der Waals surface area contributed by atoms with Crippen LogP contribution in [0.2, 0.25) is 0 Å². The first kappa shape index (κ1) is 20.7. The van der Waals surface area contributed by atoms with E-state index in [0.29, 0.717) is 17.1 Å². The van der Waals surface area contributed by atoms with Gasteiger partial charge in [-0.15, -0.1) is 0 Å². The van der Waals surface area contributed by atoms with Crippen LogP contribution in [-0.4, -0.2) is 45.7 Å². The van der Waals surface area contributed by atoms with Gasteiger partial charge in [0.15, 0.2) is 11.5 Å². The molecule has 0 fully saturated rings. The van der Waals surface area contributed by atoms with E-state index in [1.165, 1.54) is 32.4 Å². The Bertz CT molecular complexity index is 918. The van der Waals surface area contributed by atoms with Crippen LogP contribution in [0.4, 0.5) is 10.1 Å². The van der Waals surface area contributed by atoms with Crippen LogP contribution >= 0.6 is 0 Å². The largest absolute Gasteiger partial charge is 0.493 e. The molecule has 27 heavy (non-hydrogen) atoms. The highest BCUT2D eigenvalue weighted by Gasteiger charge is 2.21. The molecule has 0 heterocycles. The van der Waals surface area contributed by atoms with Crippen molar-refractivity contribution in [3.8, 4) is 11.5 Å². The number of anilines is 1. The molecular formula is C18H21FN2O5S. The molecule has 0 atom stereocenters. The summed E-state index contributed by atoms with van der Waals surface area (Å²) in [5, 5.41) is 2.48. The lowest BCUT2D eigenvalue weighted by molar-refractivity contribution is -0.116. The van der Waals surface area contributed by atoms with E-state index >= 15 is 0 Å². The number of sulfonamides is 1. The van der Waals surface area contributed by atoms with Gasteiger partial charge < -0.3 is 14.8 Å². The first-order chi connectivity index (χ1) is 12.7. The van der Waals surface area contributed by atoms with E-state index in [0.717, 1.165) is 16.6 Å². The average molecular weight is 396 g/mol. The molecule has 0 unspecified atom stereocenters. The molecule has 2 aromatic rings. The predicted octanol–water partition coefficient (Wildman–Crippen LogP) is 2.24. The van der Waals surface area contributed by atoms with Crippen molar-refractivity contribution in [2.75, 3.05) is 32.3 Å². The van der Waals surface area contributed by atoms with Crippen LogP contribution in [0, 0.1) is 5.82 Å². The van der Waals surface area contributed by atoms with E-state index in [9.17, 15) is 17.6 Å². The van der Waals surface area contributed by atoms with Crippen molar-refractivity contribution in [2.24, 2.45) is 0 Å².